The Bertz CT molecular complexity index is 2390. The fourth-order valence-corrected chi connectivity index (χ4v) is 15.4. The molecule has 376 valence electrons. The van der Waals surface area contributed by atoms with Crippen molar-refractivity contribution in [1.29, 1.82) is 0 Å². The van der Waals surface area contributed by atoms with Crippen molar-refractivity contribution in [2.45, 2.75) is 129 Å². The van der Waals surface area contributed by atoms with Gasteiger partial charge >= 0.3 is 36.0 Å². The van der Waals surface area contributed by atoms with E-state index in [-0.39, 0.29) is 34.9 Å². The molecule has 17 heteroatoms. The van der Waals surface area contributed by atoms with Crippen LogP contribution in [0.15, 0.2) is 143 Å². The molecule has 0 spiro atoms. The van der Waals surface area contributed by atoms with Crippen LogP contribution in [0.25, 0.3) is 0 Å². The van der Waals surface area contributed by atoms with Gasteiger partial charge in [0.25, 0.3) is 0 Å². The minimum absolute atomic E-state index is 0.0146. The Kier molecular flexibility index (Phi) is 14.0. The summed E-state index contributed by atoms with van der Waals surface area (Å²) in [5, 5.41) is 0. The molecule has 2 heterocycles. The number of carbonyl (C=O) groups is 4. The Hall–Kier alpha value is -5.97. The molecule has 0 N–H and O–H groups in total. The molecule has 8 fully saturated rings. The molecule has 71 heavy (non-hydrogen) atoms. The normalized spacial score (nSPS) is 28.7. The minimum atomic E-state index is -3.49. The van der Waals surface area contributed by atoms with Crippen molar-refractivity contribution in [3.8, 4) is 0 Å². The topological polar surface area (TPSA) is 141 Å². The number of imidazole rings is 2. The largest absolute Gasteiger partial charge is 0.461 e. The number of aromatic nitrogens is 4. The van der Waals surface area contributed by atoms with Crippen LogP contribution in [0.4, 0.5) is 27.2 Å². The average Bonchev–Trinajstić information content (AvgIpc) is 4.07. The first-order chi connectivity index (χ1) is 33.8. The summed E-state index contributed by atoms with van der Waals surface area (Å²) in [5.41, 5.74) is -1.96. The van der Waals surface area contributed by atoms with Crippen molar-refractivity contribution in [1.82, 2.24) is 19.1 Å². The van der Waals surface area contributed by atoms with E-state index in [2.05, 4.69) is 101 Å². The van der Waals surface area contributed by atoms with Gasteiger partial charge in [0.05, 0.1) is 24.1 Å². The van der Waals surface area contributed by atoms with Crippen molar-refractivity contribution in [2.75, 3.05) is 13.2 Å². The SMILES string of the molecule is CC(F)(F)C(=O)OCC12CC3CC(C1)CC(OC(=O)n1ccnc1)(C3)C2.CC(F)(F)C(=O)OCC12CC3CC(C1)CC(OC(=O)n1ccnc1)(C3)C2.c1ccc([S+](c2ccccc2)c2ccccc2)cc1. The number of carbonyl (C=O) groups excluding carboxylic acids is 4. The quantitative estimate of drug-likeness (QED) is 0.0543. The van der Waals surface area contributed by atoms with Gasteiger partial charge in [-0.1, -0.05) is 54.6 Å². The number of nitrogens with zero attached hydrogens (tertiary/aromatic N) is 4. The lowest BCUT2D eigenvalue weighted by Crippen LogP contribution is -2.59. The highest BCUT2D eigenvalue weighted by molar-refractivity contribution is 7.97. The molecule has 8 aliphatic rings. The van der Waals surface area contributed by atoms with Crippen LogP contribution in [0, 0.1) is 34.5 Å². The molecular weight excluding hydrogens is 941 g/mol. The molecule has 0 radical (unpaired) electrons. The fraction of sp³-hybridized carbons (Fsp3) is 0.481. The maximum Gasteiger partial charge on any atom is 0.419 e. The van der Waals surface area contributed by atoms with Crippen molar-refractivity contribution >= 4 is 35.0 Å². The summed E-state index contributed by atoms with van der Waals surface area (Å²) in [5.74, 6) is -8.49. The monoisotopic (exact) mass is 999 g/mol. The molecule has 4 unspecified atom stereocenters. The minimum Gasteiger partial charge on any atom is -0.461 e. The van der Waals surface area contributed by atoms with E-state index in [0.717, 1.165) is 64.2 Å². The zero-order valence-electron chi connectivity index (χ0n) is 39.8. The standard InChI is InChI=1S/2C18H22F2N2O4.C18H15S/c2*1-16(19,20)14(23)25-10-17-5-12-4-13(6-17)8-18(7-12,9-17)26-15(24)22-3-2-21-11-22;1-4-10-16(11-5-1)19(17-12-6-2-7-13-17)18-14-8-3-9-15-18/h2*2-3,11-13H,4-10H2,1H3;1-15H/q;;+1. The summed E-state index contributed by atoms with van der Waals surface area (Å²) in [7, 11) is -0.0146. The third-order valence-corrected chi connectivity index (χ3v) is 17.2. The highest BCUT2D eigenvalue weighted by Crippen LogP contribution is 2.64. The number of ether oxygens (including phenoxy) is 4. The molecule has 12 nitrogen and oxygen atoms in total. The summed E-state index contributed by atoms with van der Waals surface area (Å²) in [6, 6.07) is 32.2. The molecule has 8 saturated carbocycles. The lowest BCUT2D eigenvalue weighted by molar-refractivity contribution is -0.197. The summed E-state index contributed by atoms with van der Waals surface area (Å²) in [6.07, 6.45) is 17.6. The lowest BCUT2D eigenvalue weighted by Gasteiger charge is -2.60. The first-order valence-corrected chi connectivity index (χ1v) is 25.5. The van der Waals surface area contributed by atoms with Crippen LogP contribution in [0.3, 0.4) is 0 Å². The van der Waals surface area contributed by atoms with Crippen LogP contribution in [0.1, 0.15) is 90.9 Å². The van der Waals surface area contributed by atoms with E-state index >= 15 is 0 Å². The average molecular weight is 1000 g/mol. The van der Waals surface area contributed by atoms with Crippen LogP contribution in [-0.2, 0) is 39.4 Å². The lowest BCUT2D eigenvalue weighted by atomic mass is 9.48. The second-order valence-electron chi connectivity index (χ2n) is 21.1. The number of hydrogen-bond donors (Lipinski definition) is 0. The molecule has 0 saturated heterocycles. The first kappa shape index (κ1) is 50.0. The van der Waals surface area contributed by atoms with Gasteiger partial charge in [0.1, 0.15) is 23.9 Å². The fourth-order valence-electron chi connectivity index (χ4n) is 13.3. The van der Waals surface area contributed by atoms with Gasteiger partial charge in [0.15, 0.2) is 14.7 Å². The summed E-state index contributed by atoms with van der Waals surface area (Å²) >= 11 is 0. The molecule has 8 bridgehead atoms. The predicted octanol–water partition coefficient (Wildman–Crippen LogP) is 11.6. The van der Waals surface area contributed by atoms with Gasteiger partial charge in [-0.2, -0.15) is 17.6 Å². The molecule has 5 aromatic rings. The van der Waals surface area contributed by atoms with E-state index in [4.69, 9.17) is 18.9 Å². The molecule has 0 amide bonds. The molecule has 8 aliphatic carbocycles. The van der Waals surface area contributed by atoms with E-state index in [1.807, 2.05) is 0 Å². The number of rotatable bonds is 11. The number of esters is 2. The number of benzene rings is 3. The molecule has 0 aliphatic heterocycles. The van der Waals surface area contributed by atoms with Crippen LogP contribution < -0.4 is 0 Å². The smallest absolute Gasteiger partial charge is 0.419 e. The Morgan fingerprint density at radius 1 is 0.549 bits per heavy atom. The Labute approximate surface area is 413 Å². The van der Waals surface area contributed by atoms with Crippen molar-refractivity contribution in [2.24, 2.45) is 34.5 Å². The summed E-state index contributed by atoms with van der Waals surface area (Å²) in [4.78, 5) is 59.6. The third kappa shape index (κ3) is 11.6. The van der Waals surface area contributed by atoms with E-state index < -0.39 is 47.2 Å². The summed E-state index contributed by atoms with van der Waals surface area (Å²) < 4.78 is 76.8. The van der Waals surface area contributed by atoms with E-state index in [9.17, 15) is 36.7 Å². The zero-order chi connectivity index (χ0) is 50.1. The highest BCUT2D eigenvalue weighted by Gasteiger charge is 2.62. The van der Waals surface area contributed by atoms with Gasteiger partial charge in [-0.15, -0.1) is 0 Å². The van der Waals surface area contributed by atoms with Gasteiger partial charge < -0.3 is 18.9 Å². The maximum atomic E-state index is 13.1. The van der Waals surface area contributed by atoms with E-state index in [0.29, 0.717) is 50.4 Å². The molecule has 13 rings (SSSR count). The van der Waals surface area contributed by atoms with Crippen molar-refractivity contribution in [3.63, 3.8) is 0 Å². The van der Waals surface area contributed by atoms with Gasteiger partial charge in [-0.3, -0.25) is 0 Å². The Balaban J connectivity index is 0.000000134. The zero-order valence-corrected chi connectivity index (χ0v) is 40.6. The molecule has 2 aromatic heterocycles. The second-order valence-corrected chi connectivity index (χ2v) is 23.2. The van der Waals surface area contributed by atoms with Crippen LogP contribution in [0.2, 0.25) is 0 Å². The van der Waals surface area contributed by atoms with Gasteiger partial charge in [-0.25, -0.2) is 38.3 Å². The number of hydrogen-bond acceptors (Lipinski definition) is 10. The van der Waals surface area contributed by atoms with Crippen molar-refractivity contribution in [3.05, 3.63) is 128 Å². The second kappa shape index (κ2) is 19.9. The third-order valence-electron chi connectivity index (χ3n) is 15.0. The van der Waals surface area contributed by atoms with Crippen LogP contribution in [-0.4, -0.2) is 79.5 Å². The summed E-state index contributed by atoms with van der Waals surface area (Å²) in [6.45, 7) is 1.02. The van der Waals surface area contributed by atoms with Gasteiger partial charge in [0.2, 0.25) is 0 Å². The van der Waals surface area contributed by atoms with E-state index in [1.54, 1.807) is 0 Å². The highest BCUT2D eigenvalue weighted by atomic mass is 32.2. The Morgan fingerprint density at radius 2 is 0.873 bits per heavy atom. The van der Waals surface area contributed by atoms with Crippen molar-refractivity contribution < 1.29 is 55.7 Å². The molecule has 3 aromatic carbocycles. The number of alkyl halides is 4. The van der Waals surface area contributed by atoms with E-state index in [1.165, 1.54) is 61.3 Å². The van der Waals surface area contributed by atoms with Gasteiger partial charge in [-0.05, 0) is 137 Å². The Morgan fingerprint density at radius 3 is 1.15 bits per heavy atom. The first-order valence-electron chi connectivity index (χ1n) is 24.2. The molecular formula is C54H59F4N4O8S+. The predicted molar refractivity (Wildman–Crippen MR) is 253 cm³/mol. The van der Waals surface area contributed by atoms with Crippen LogP contribution in [0.5, 0.6) is 0 Å². The number of halogens is 4. The maximum absolute atomic E-state index is 13.1. The van der Waals surface area contributed by atoms with Crippen LogP contribution >= 0.6 is 0 Å². The van der Waals surface area contributed by atoms with Gasteiger partial charge in [0, 0.05) is 49.5 Å². The molecule has 4 atom stereocenters.